The highest BCUT2D eigenvalue weighted by atomic mass is 28.3. The first-order chi connectivity index (χ1) is 5.06. The fourth-order valence-corrected chi connectivity index (χ4v) is 3.64. The lowest BCUT2D eigenvalue weighted by Crippen LogP contribution is -2.31. The zero-order valence-corrected chi connectivity index (χ0v) is 9.06. The Kier molecular flexibility index (Phi) is 4.42. The molecule has 0 N–H and O–H groups in total. The second-order valence-corrected chi connectivity index (χ2v) is 9.07. The van der Waals surface area contributed by atoms with Gasteiger partial charge in [0.1, 0.15) is 0 Å². The van der Waals surface area contributed by atoms with Crippen LogP contribution in [0, 0.1) is 0 Å². The third kappa shape index (κ3) is 3.06. The summed E-state index contributed by atoms with van der Waals surface area (Å²) in [4.78, 5) is 0. The van der Waals surface area contributed by atoms with Crippen molar-refractivity contribution in [2.45, 2.75) is 38.0 Å². The van der Waals surface area contributed by atoms with Crippen LogP contribution in [0.5, 0.6) is 0 Å². The van der Waals surface area contributed by atoms with E-state index in [-0.39, 0.29) is 0 Å². The molecule has 0 aliphatic carbocycles. The molecule has 0 aromatic heterocycles. The van der Waals surface area contributed by atoms with Crippen molar-refractivity contribution < 1.29 is 0 Å². The third-order valence-electron chi connectivity index (χ3n) is 2.62. The molecule has 0 nitrogen and oxygen atoms in total. The molecule has 0 rings (SSSR count). The Labute approximate surface area is 72.0 Å². The normalized spacial score (nSPS) is 11.6. The Morgan fingerprint density at radius 2 is 1.55 bits per heavy atom. The van der Waals surface area contributed by atoms with E-state index < -0.39 is 8.07 Å². The largest absolute Gasteiger partial charge is 0.103 e. The Morgan fingerprint density at radius 1 is 1.18 bits per heavy atom. The van der Waals surface area contributed by atoms with Gasteiger partial charge in [0.15, 0.2) is 0 Å². The minimum Gasteiger partial charge on any atom is -0.103 e. The smallest absolute Gasteiger partial charge is 0.0605 e. The van der Waals surface area contributed by atoms with Crippen molar-refractivity contribution in [3.8, 4) is 0 Å². The maximum atomic E-state index is 3.81. The number of hydrogen-bond acceptors (Lipinski definition) is 0. The molecule has 0 saturated carbocycles. The summed E-state index contributed by atoms with van der Waals surface area (Å²) in [7, 11) is -1.06. The monoisotopic (exact) mass is 168 g/mol. The first kappa shape index (κ1) is 10.7. The quantitative estimate of drug-likeness (QED) is 0.432. The molecule has 0 unspecified atom stereocenters. The Morgan fingerprint density at radius 3 is 1.73 bits per heavy atom. The summed E-state index contributed by atoms with van der Waals surface area (Å²) in [5.74, 6) is 0. The summed E-state index contributed by atoms with van der Waals surface area (Å²) in [5.41, 5.74) is 0.832. The van der Waals surface area contributed by atoms with Gasteiger partial charge in [-0.2, -0.15) is 0 Å². The van der Waals surface area contributed by atoms with Gasteiger partial charge in [0.2, 0.25) is 0 Å². The molecule has 64 valence electrons. The molecule has 0 aromatic carbocycles. The number of allylic oxidation sites excluding steroid dienone is 2. The van der Waals surface area contributed by atoms with Gasteiger partial charge in [-0.1, -0.05) is 38.1 Å². The highest BCUT2D eigenvalue weighted by Gasteiger charge is 2.27. The molecule has 0 bridgehead atoms. The van der Waals surface area contributed by atoms with Crippen molar-refractivity contribution in [2.24, 2.45) is 0 Å². The third-order valence-corrected chi connectivity index (χ3v) is 7.85. The minimum atomic E-state index is -1.06. The van der Waals surface area contributed by atoms with Crippen molar-refractivity contribution in [1.29, 1.82) is 0 Å². The van der Waals surface area contributed by atoms with Gasteiger partial charge in [-0.3, -0.25) is 0 Å². The van der Waals surface area contributed by atoms with Crippen LogP contribution in [0.3, 0.4) is 0 Å². The average Bonchev–Trinajstić information content (AvgIpc) is 1.88. The van der Waals surface area contributed by atoms with Gasteiger partial charge in [-0.15, -0.1) is 13.2 Å². The second-order valence-electron chi connectivity index (χ2n) is 3.79. The molecular formula is C10H20Si. The fraction of sp³-hybridized carbons (Fsp3) is 0.600. The standard InChI is InChI=1S/C10H20Si/c1-6-8-11(5,9-7-2)10(3)4/h6-7,10H,1-2,8-9H2,3-5H3. The Bertz CT molecular complexity index is 126. The van der Waals surface area contributed by atoms with Crippen molar-refractivity contribution in [2.75, 3.05) is 0 Å². The van der Waals surface area contributed by atoms with Crippen LogP contribution in [0.4, 0.5) is 0 Å². The van der Waals surface area contributed by atoms with Crippen LogP contribution in [0.15, 0.2) is 25.3 Å². The van der Waals surface area contributed by atoms with E-state index in [9.17, 15) is 0 Å². The zero-order chi connectivity index (χ0) is 8.91. The van der Waals surface area contributed by atoms with Crippen LogP contribution in [-0.2, 0) is 0 Å². The maximum Gasteiger partial charge on any atom is 0.0605 e. The molecule has 0 amide bonds. The molecule has 0 saturated heterocycles. The van der Waals surface area contributed by atoms with Gasteiger partial charge in [0.25, 0.3) is 0 Å². The van der Waals surface area contributed by atoms with Crippen LogP contribution in [0.25, 0.3) is 0 Å². The molecule has 0 aliphatic rings. The first-order valence-electron chi connectivity index (χ1n) is 4.28. The molecule has 0 fully saturated rings. The lowest BCUT2D eigenvalue weighted by atomic mass is 10.6. The molecule has 0 heterocycles. The van der Waals surface area contributed by atoms with E-state index in [0.29, 0.717) is 0 Å². The van der Waals surface area contributed by atoms with Crippen LogP contribution in [0.1, 0.15) is 13.8 Å². The molecular weight excluding hydrogens is 148 g/mol. The van der Waals surface area contributed by atoms with Crippen LogP contribution >= 0.6 is 0 Å². The highest BCUT2D eigenvalue weighted by molar-refractivity contribution is 6.80. The van der Waals surface area contributed by atoms with Crippen molar-refractivity contribution in [1.82, 2.24) is 0 Å². The minimum absolute atomic E-state index is 0.832. The van der Waals surface area contributed by atoms with E-state index in [1.807, 2.05) is 0 Å². The predicted octanol–water partition coefficient (Wildman–Crippen LogP) is 3.85. The lowest BCUT2D eigenvalue weighted by Gasteiger charge is -2.29. The van der Waals surface area contributed by atoms with E-state index in [4.69, 9.17) is 0 Å². The zero-order valence-electron chi connectivity index (χ0n) is 8.06. The van der Waals surface area contributed by atoms with Crippen LogP contribution < -0.4 is 0 Å². The van der Waals surface area contributed by atoms with Gasteiger partial charge >= 0.3 is 0 Å². The van der Waals surface area contributed by atoms with Crippen molar-refractivity contribution in [3.63, 3.8) is 0 Å². The molecule has 1 heteroatoms. The van der Waals surface area contributed by atoms with Crippen molar-refractivity contribution >= 4 is 8.07 Å². The van der Waals surface area contributed by atoms with E-state index in [1.54, 1.807) is 0 Å². The highest BCUT2D eigenvalue weighted by Crippen LogP contribution is 2.29. The van der Waals surface area contributed by atoms with Gasteiger partial charge in [0, 0.05) is 0 Å². The first-order valence-corrected chi connectivity index (χ1v) is 7.28. The van der Waals surface area contributed by atoms with Crippen LogP contribution in [-0.4, -0.2) is 8.07 Å². The Hall–Kier alpha value is -0.303. The average molecular weight is 168 g/mol. The molecule has 0 aromatic rings. The van der Waals surface area contributed by atoms with Gasteiger partial charge in [-0.25, -0.2) is 0 Å². The molecule has 0 aliphatic heterocycles. The van der Waals surface area contributed by atoms with Gasteiger partial charge in [0.05, 0.1) is 8.07 Å². The van der Waals surface area contributed by atoms with E-state index >= 15 is 0 Å². The summed E-state index contributed by atoms with van der Waals surface area (Å²) in [5, 5.41) is 0. The number of hydrogen-bond donors (Lipinski definition) is 0. The van der Waals surface area contributed by atoms with Gasteiger partial charge < -0.3 is 0 Å². The summed E-state index contributed by atoms with van der Waals surface area (Å²) >= 11 is 0. The van der Waals surface area contributed by atoms with E-state index in [1.165, 1.54) is 12.1 Å². The molecule has 11 heavy (non-hydrogen) atoms. The summed E-state index contributed by atoms with van der Waals surface area (Å²) < 4.78 is 0. The SMILES string of the molecule is C=CC[Si](C)(CC=C)C(C)C. The van der Waals surface area contributed by atoms with Gasteiger partial charge in [-0.05, 0) is 12.1 Å². The maximum absolute atomic E-state index is 3.81. The van der Waals surface area contributed by atoms with E-state index in [0.717, 1.165) is 5.54 Å². The second kappa shape index (κ2) is 4.55. The number of rotatable bonds is 5. The lowest BCUT2D eigenvalue weighted by molar-refractivity contribution is 0.990. The van der Waals surface area contributed by atoms with E-state index in [2.05, 4.69) is 45.7 Å². The summed E-state index contributed by atoms with van der Waals surface area (Å²) in [6.45, 7) is 14.7. The molecule has 0 spiro atoms. The fourth-order valence-electron chi connectivity index (χ4n) is 1.21. The molecule has 0 atom stereocenters. The Balaban J connectivity index is 4.23. The molecule has 0 radical (unpaired) electrons. The predicted molar refractivity (Wildman–Crippen MR) is 56.7 cm³/mol. The summed E-state index contributed by atoms with van der Waals surface area (Å²) in [6.07, 6.45) is 4.13. The summed E-state index contributed by atoms with van der Waals surface area (Å²) in [6, 6.07) is 2.44. The topological polar surface area (TPSA) is 0 Å². The van der Waals surface area contributed by atoms with Crippen LogP contribution in [0.2, 0.25) is 24.2 Å². The van der Waals surface area contributed by atoms with Crippen molar-refractivity contribution in [3.05, 3.63) is 25.3 Å².